The lowest BCUT2D eigenvalue weighted by Crippen LogP contribution is -2.10. The van der Waals surface area contributed by atoms with Gasteiger partial charge in [0.05, 0.1) is 22.1 Å². The van der Waals surface area contributed by atoms with Crippen molar-refractivity contribution >= 4 is 71.9 Å². The van der Waals surface area contributed by atoms with Crippen molar-refractivity contribution in [1.29, 1.82) is 0 Å². The topological polar surface area (TPSA) is 47.3 Å². The second-order valence-electron chi connectivity index (χ2n) is 13.5. The highest BCUT2D eigenvalue weighted by Gasteiger charge is 2.23. The fourth-order valence-electron chi connectivity index (χ4n) is 8.03. The molecule has 0 bridgehead atoms. The van der Waals surface area contributed by atoms with E-state index in [0.717, 1.165) is 78.0 Å². The number of hydrogen-bond acceptors (Lipinski definition) is 4. The molecular weight excluding hydrogens is 663 g/mol. The Balaban J connectivity index is 1.11. The number of furan rings is 1. The van der Waals surface area contributed by atoms with Gasteiger partial charge in [-0.1, -0.05) is 109 Å². The highest BCUT2D eigenvalue weighted by molar-refractivity contribution is 6.21. The van der Waals surface area contributed by atoms with E-state index in [1.165, 1.54) is 16.3 Å². The van der Waals surface area contributed by atoms with Crippen LogP contribution in [0.25, 0.3) is 83.1 Å². The maximum absolute atomic E-state index is 6.61. The molecule has 0 aliphatic rings. The van der Waals surface area contributed by atoms with Crippen LogP contribution in [0.4, 0.5) is 17.1 Å². The summed E-state index contributed by atoms with van der Waals surface area (Å²) in [5.41, 5.74) is 12.7. The monoisotopic (exact) mass is 693 g/mol. The molecule has 0 aliphatic carbocycles. The van der Waals surface area contributed by atoms with Crippen LogP contribution in [0.3, 0.4) is 0 Å². The van der Waals surface area contributed by atoms with E-state index in [2.05, 4.69) is 149 Å². The summed E-state index contributed by atoms with van der Waals surface area (Å²) in [6.45, 7) is 0. The van der Waals surface area contributed by atoms with Gasteiger partial charge in [-0.05, 0) is 84.4 Å². The molecule has 0 fully saturated rings. The average molecular weight is 694 g/mol. The van der Waals surface area contributed by atoms with Gasteiger partial charge >= 0.3 is 0 Å². The predicted molar refractivity (Wildman–Crippen MR) is 221 cm³/mol. The summed E-state index contributed by atoms with van der Waals surface area (Å²) in [7, 11) is 0. The van der Waals surface area contributed by atoms with Gasteiger partial charge in [-0.25, -0.2) is 4.98 Å². The van der Waals surface area contributed by atoms with Crippen LogP contribution < -0.4 is 4.90 Å². The first-order valence-corrected chi connectivity index (χ1v) is 18.1. The lowest BCUT2D eigenvalue weighted by molar-refractivity contribution is 0.619. The lowest BCUT2D eigenvalue weighted by Gasteiger charge is -2.26. The van der Waals surface area contributed by atoms with Crippen LogP contribution in [0.5, 0.6) is 0 Å². The van der Waals surface area contributed by atoms with E-state index in [4.69, 9.17) is 13.8 Å². The highest BCUT2D eigenvalue weighted by atomic mass is 16.4. The van der Waals surface area contributed by atoms with E-state index in [0.29, 0.717) is 5.89 Å². The molecule has 11 rings (SSSR count). The Morgan fingerprint density at radius 3 is 1.91 bits per heavy atom. The van der Waals surface area contributed by atoms with Crippen molar-refractivity contribution < 1.29 is 8.83 Å². The van der Waals surface area contributed by atoms with Crippen LogP contribution >= 0.6 is 0 Å². The second-order valence-corrected chi connectivity index (χ2v) is 13.5. The molecule has 0 radical (unpaired) electrons. The van der Waals surface area contributed by atoms with Gasteiger partial charge in [-0.15, -0.1) is 0 Å². The van der Waals surface area contributed by atoms with Crippen LogP contribution in [-0.4, -0.2) is 9.55 Å². The minimum absolute atomic E-state index is 0.589. The summed E-state index contributed by atoms with van der Waals surface area (Å²) in [6.07, 6.45) is 0. The van der Waals surface area contributed by atoms with Crippen LogP contribution in [-0.2, 0) is 0 Å². The molecule has 0 unspecified atom stereocenters. The Labute approximate surface area is 310 Å². The predicted octanol–water partition coefficient (Wildman–Crippen LogP) is 13.6. The first kappa shape index (κ1) is 30.3. The average Bonchev–Trinajstić information content (AvgIpc) is 3.94. The summed E-state index contributed by atoms with van der Waals surface area (Å²) in [4.78, 5) is 7.36. The maximum Gasteiger partial charge on any atom is 0.227 e. The lowest BCUT2D eigenvalue weighted by atomic mass is 10.0. The molecule has 0 saturated carbocycles. The fourth-order valence-corrected chi connectivity index (χ4v) is 8.03. The molecule has 0 atom stereocenters. The molecule has 5 heteroatoms. The van der Waals surface area contributed by atoms with E-state index in [1.54, 1.807) is 0 Å². The Morgan fingerprint density at radius 1 is 0.463 bits per heavy atom. The smallest absolute Gasteiger partial charge is 0.227 e. The van der Waals surface area contributed by atoms with E-state index in [-0.39, 0.29) is 0 Å². The Kier molecular flexibility index (Phi) is 6.79. The molecule has 254 valence electrons. The zero-order chi connectivity index (χ0) is 35.6. The van der Waals surface area contributed by atoms with Crippen molar-refractivity contribution in [2.45, 2.75) is 0 Å². The number of aromatic nitrogens is 2. The number of nitrogens with zero attached hydrogens (tertiary/aromatic N) is 3. The summed E-state index contributed by atoms with van der Waals surface area (Å²) in [6, 6.07) is 65.5. The van der Waals surface area contributed by atoms with Crippen molar-refractivity contribution in [3.05, 3.63) is 188 Å². The van der Waals surface area contributed by atoms with Crippen molar-refractivity contribution in [2.75, 3.05) is 4.90 Å². The third kappa shape index (κ3) is 4.69. The van der Waals surface area contributed by atoms with Gasteiger partial charge < -0.3 is 18.3 Å². The molecule has 0 amide bonds. The normalized spacial score (nSPS) is 11.7. The SMILES string of the molecule is c1ccc(-c2nc3c(cc(-c4ccc(N(c5ccccc5)c5cccc6c5c5ccccc5n6-c5ccccc5)cc4)c4oc5ccccc5c43)o2)cc1. The van der Waals surface area contributed by atoms with E-state index >= 15 is 0 Å². The molecule has 3 heterocycles. The van der Waals surface area contributed by atoms with Gasteiger partial charge in [0.25, 0.3) is 0 Å². The molecule has 8 aromatic carbocycles. The summed E-state index contributed by atoms with van der Waals surface area (Å²) in [5.74, 6) is 0.589. The van der Waals surface area contributed by atoms with Crippen LogP contribution in [0, 0.1) is 0 Å². The Hall–Kier alpha value is -7.37. The second kappa shape index (κ2) is 12.1. The quantitative estimate of drug-likeness (QED) is 0.174. The number of fused-ring (bicyclic) bond motifs is 8. The summed E-state index contributed by atoms with van der Waals surface area (Å²) < 4.78 is 15.4. The molecule has 54 heavy (non-hydrogen) atoms. The number of benzene rings is 8. The third-order valence-electron chi connectivity index (χ3n) is 10.4. The Bertz CT molecular complexity index is 3140. The van der Waals surface area contributed by atoms with Crippen LogP contribution in [0.1, 0.15) is 0 Å². The summed E-state index contributed by atoms with van der Waals surface area (Å²) in [5, 5.41) is 4.37. The van der Waals surface area contributed by atoms with E-state index in [9.17, 15) is 0 Å². The molecule has 0 aliphatic heterocycles. The van der Waals surface area contributed by atoms with Gasteiger partial charge in [0, 0.05) is 44.3 Å². The maximum atomic E-state index is 6.61. The van der Waals surface area contributed by atoms with Gasteiger partial charge in [0.2, 0.25) is 5.89 Å². The van der Waals surface area contributed by atoms with Gasteiger partial charge in [0.1, 0.15) is 16.7 Å². The van der Waals surface area contributed by atoms with Crippen LogP contribution in [0.15, 0.2) is 197 Å². The van der Waals surface area contributed by atoms with Gasteiger partial charge in [-0.2, -0.15) is 0 Å². The van der Waals surface area contributed by atoms with Crippen molar-refractivity contribution in [3.63, 3.8) is 0 Å². The molecule has 0 spiro atoms. The molecular formula is C49H31N3O2. The number of oxazole rings is 1. The minimum atomic E-state index is 0.589. The zero-order valence-electron chi connectivity index (χ0n) is 29.1. The van der Waals surface area contributed by atoms with Crippen molar-refractivity contribution in [2.24, 2.45) is 0 Å². The first-order chi connectivity index (χ1) is 26.8. The molecule has 5 nitrogen and oxygen atoms in total. The Morgan fingerprint density at radius 2 is 1.11 bits per heavy atom. The number of anilines is 3. The molecule has 11 aromatic rings. The largest absolute Gasteiger partial charge is 0.455 e. The number of rotatable bonds is 6. The standard InChI is InChI=1S/C49H31N3O2/c1-4-15-33(16-5-1)49-50-47-44(54-49)31-39(48-46(47)38-22-11-13-26-43(38)53-48)32-27-29-36(30-28-32)51(34-17-6-2-7-18-34)41-24-14-25-42-45(41)37-21-10-12-23-40(37)52(42)35-19-8-3-9-20-35/h1-31H. The fraction of sp³-hybridized carbons (Fsp3) is 0. The van der Waals surface area contributed by atoms with Gasteiger partial charge in [0.15, 0.2) is 5.58 Å². The molecule has 0 saturated heterocycles. The minimum Gasteiger partial charge on any atom is -0.455 e. The van der Waals surface area contributed by atoms with E-state index < -0.39 is 0 Å². The molecule has 3 aromatic heterocycles. The highest BCUT2D eigenvalue weighted by Crippen LogP contribution is 2.46. The van der Waals surface area contributed by atoms with Gasteiger partial charge in [-0.3, -0.25) is 0 Å². The van der Waals surface area contributed by atoms with Crippen LogP contribution in [0.2, 0.25) is 0 Å². The first-order valence-electron chi connectivity index (χ1n) is 18.1. The third-order valence-corrected chi connectivity index (χ3v) is 10.4. The zero-order valence-corrected chi connectivity index (χ0v) is 29.1. The number of hydrogen-bond donors (Lipinski definition) is 0. The number of para-hydroxylation sites is 4. The van der Waals surface area contributed by atoms with E-state index in [1.807, 2.05) is 48.5 Å². The van der Waals surface area contributed by atoms with Crippen molar-refractivity contribution in [3.8, 4) is 28.3 Å². The van der Waals surface area contributed by atoms with Crippen molar-refractivity contribution in [1.82, 2.24) is 9.55 Å². The molecule has 0 N–H and O–H groups in total. The summed E-state index contributed by atoms with van der Waals surface area (Å²) >= 11 is 0.